The highest BCUT2D eigenvalue weighted by atomic mass is 16.2. The Morgan fingerprint density at radius 1 is 1.10 bits per heavy atom. The molecule has 0 unspecified atom stereocenters. The smallest absolute Gasteiger partial charge is 0.222 e. The number of imidazole rings is 1. The molecule has 2 aromatic rings. The highest BCUT2D eigenvalue weighted by Crippen LogP contribution is 2.37. The Morgan fingerprint density at radius 2 is 1.81 bits per heavy atom. The van der Waals surface area contributed by atoms with Gasteiger partial charge in [-0.3, -0.25) is 9.36 Å². The second kappa shape index (κ2) is 8.46. The van der Waals surface area contributed by atoms with Gasteiger partial charge >= 0.3 is 0 Å². The first-order valence-corrected chi connectivity index (χ1v) is 10.7. The van der Waals surface area contributed by atoms with Gasteiger partial charge in [0, 0.05) is 63.6 Å². The number of terminal acetylenes is 1. The molecule has 2 aliphatic rings. The van der Waals surface area contributed by atoms with Gasteiger partial charge in [0.2, 0.25) is 5.91 Å². The lowest BCUT2D eigenvalue weighted by Crippen LogP contribution is -2.49. The molecule has 0 aliphatic carbocycles. The number of aryl methyl sites for hydroxylation is 2. The predicted molar refractivity (Wildman–Crippen MR) is 117 cm³/mol. The van der Waals surface area contributed by atoms with Gasteiger partial charge in [0.15, 0.2) is 5.66 Å². The Kier molecular flexibility index (Phi) is 5.72. The number of amides is 1. The minimum absolute atomic E-state index is 0.154. The quantitative estimate of drug-likeness (QED) is 0.642. The largest absolute Gasteiger partial charge is 0.353 e. The summed E-state index contributed by atoms with van der Waals surface area (Å²) in [6, 6.07) is 1.99. The van der Waals surface area contributed by atoms with Crippen LogP contribution in [0.15, 0.2) is 22.6 Å². The molecule has 1 fully saturated rings. The Labute approximate surface area is 182 Å². The molecule has 0 saturated carbocycles. The van der Waals surface area contributed by atoms with E-state index >= 15 is 0 Å². The first-order chi connectivity index (χ1) is 14.9. The van der Waals surface area contributed by atoms with Crippen molar-refractivity contribution in [3.05, 3.63) is 29.6 Å². The normalized spacial score (nSPS) is 17.0. The van der Waals surface area contributed by atoms with Crippen LogP contribution in [0.2, 0.25) is 0 Å². The summed E-state index contributed by atoms with van der Waals surface area (Å²) in [7, 11) is 0. The van der Waals surface area contributed by atoms with E-state index in [0.717, 1.165) is 42.5 Å². The third kappa shape index (κ3) is 4.58. The van der Waals surface area contributed by atoms with Crippen LogP contribution < -0.4 is 4.90 Å². The van der Waals surface area contributed by atoms with E-state index in [1.54, 1.807) is 6.33 Å². The number of carbonyl (C=O) groups is 1. The summed E-state index contributed by atoms with van der Waals surface area (Å²) in [4.78, 5) is 30.4. The van der Waals surface area contributed by atoms with Crippen molar-refractivity contribution in [1.82, 2.24) is 24.4 Å². The van der Waals surface area contributed by atoms with Gasteiger partial charge < -0.3 is 9.80 Å². The van der Waals surface area contributed by atoms with Crippen LogP contribution in [-0.2, 0) is 4.79 Å². The molecule has 0 spiro atoms. The van der Waals surface area contributed by atoms with E-state index in [0.29, 0.717) is 38.2 Å². The van der Waals surface area contributed by atoms with E-state index in [-0.39, 0.29) is 5.91 Å². The molecule has 9 heteroatoms. The summed E-state index contributed by atoms with van der Waals surface area (Å²) >= 11 is 0. The molecule has 162 valence electrons. The number of hydrogen-bond donors (Lipinski definition) is 0. The molecule has 0 radical (unpaired) electrons. The Morgan fingerprint density at radius 3 is 2.42 bits per heavy atom. The fourth-order valence-corrected chi connectivity index (χ4v) is 3.87. The molecule has 31 heavy (non-hydrogen) atoms. The van der Waals surface area contributed by atoms with Crippen LogP contribution in [0.4, 0.5) is 5.82 Å². The molecule has 0 bridgehead atoms. The van der Waals surface area contributed by atoms with E-state index in [2.05, 4.69) is 36.0 Å². The Balaban J connectivity index is 1.35. The molecule has 4 heterocycles. The lowest BCUT2D eigenvalue weighted by atomic mass is 10.0. The number of aromatic nitrogens is 4. The van der Waals surface area contributed by atoms with Gasteiger partial charge in [-0.1, -0.05) is 0 Å². The average Bonchev–Trinajstić information content (AvgIpc) is 3.48. The predicted octanol–water partition coefficient (Wildman–Crippen LogP) is 2.59. The van der Waals surface area contributed by atoms with Crippen LogP contribution in [0.5, 0.6) is 0 Å². The van der Waals surface area contributed by atoms with Crippen molar-refractivity contribution in [3.63, 3.8) is 0 Å². The van der Waals surface area contributed by atoms with E-state index < -0.39 is 5.66 Å². The molecular weight excluding hydrogens is 392 g/mol. The van der Waals surface area contributed by atoms with Gasteiger partial charge in [0.1, 0.15) is 23.8 Å². The molecule has 2 aliphatic heterocycles. The van der Waals surface area contributed by atoms with E-state index in [1.807, 2.05) is 36.3 Å². The van der Waals surface area contributed by atoms with Crippen LogP contribution in [0.3, 0.4) is 0 Å². The van der Waals surface area contributed by atoms with Crippen LogP contribution in [0.25, 0.3) is 5.82 Å². The molecule has 0 aromatic carbocycles. The minimum Gasteiger partial charge on any atom is -0.353 e. The molecule has 1 saturated heterocycles. The summed E-state index contributed by atoms with van der Waals surface area (Å²) in [6.45, 7) is 8.73. The van der Waals surface area contributed by atoms with Crippen LogP contribution >= 0.6 is 0 Å². The van der Waals surface area contributed by atoms with Crippen molar-refractivity contribution in [2.24, 2.45) is 10.2 Å². The summed E-state index contributed by atoms with van der Waals surface area (Å²) < 4.78 is 1.98. The molecule has 0 N–H and O–H groups in total. The zero-order valence-corrected chi connectivity index (χ0v) is 18.4. The molecule has 9 nitrogen and oxygen atoms in total. The maximum absolute atomic E-state index is 12.7. The van der Waals surface area contributed by atoms with Gasteiger partial charge in [-0.05, 0) is 20.8 Å². The summed E-state index contributed by atoms with van der Waals surface area (Å²) in [6.07, 6.45) is 9.59. The molecule has 4 rings (SSSR count). The lowest BCUT2D eigenvalue weighted by Gasteiger charge is -2.35. The summed E-state index contributed by atoms with van der Waals surface area (Å²) in [5.74, 6) is 5.18. The molecule has 2 aromatic heterocycles. The number of carbonyl (C=O) groups excluding carboxylic acids is 1. The zero-order chi connectivity index (χ0) is 22.0. The second-order valence-electron chi connectivity index (χ2n) is 8.17. The first-order valence-electron chi connectivity index (χ1n) is 10.7. The van der Waals surface area contributed by atoms with Crippen molar-refractivity contribution < 1.29 is 4.79 Å². The Bertz CT molecular complexity index is 1040. The summed E-state index contributed by atoms with van der Waals surface area (Å²) in [5, 5.41) is 8.24. The number of nitrogens with zero attached hydrogens (tertiary/aromatic N) is 8. The first kappa shape index (κ1) is 21.0. The fraction of sp³-hybridized carbons (Fsp3) is 0.545. The highest BCUT2D eigenvalue weighted by molar-refractivity contribution is 5.76. The summed E-state index contributed by atoms with van der Waals surface area (Å²) in [5.41, 5.74) is 1.65. The number of rotatable bonds is 7. The second-order valence-corrected chi connectivity index (χ2v) is 8.17. The van der Waals surface area contributed by atoms with Crippen LogP contribution in [0, 0.1) is 33.1 Å². The third-order valence-corrected chi connectivity index (χ3v) is 6.06. The standard InChI is InChI=1S/C22H28N8O/c1-5-6-8-22(26-27-22)9-7-21(31)29-12-10-28(11-13-29)19-14-20(25-18(4)24-19)30-15-23-16(2)17(30)3/h1,14-15H,6-13H2,2-4H3. The van der Waals surface area contributed by atoms with Crippen molar-refractivity contribution in [1.29, 1.82) is 0 Å². The van der Waals surface area contributed by atoms with E-state index in [1.165, 1.54) is 0 Å². The van der Waals surface area contributed by atoms with Gasteiger partial charge in [-0.2, -0.15) is 10.2 Å². The molecule has 1 amide bonds. The zero-order valence-electron chi connectivity index (χ0n) is 18.4. The van der Waals surface area contributed by atoms with Crippen LogP contribution in [0.1, 0.15) is 42.9 Å². The van der Waals surface area contributed by atoms with Crippen molar-refractivity contribution in [2.45, 2.75) is 52.1 Å². The minimum atomic E-state index is -0.400. The van der Waals surface area contributed by atoms with E-state index in [4.69, 9.17) is 6.42 Å². The van der Waals surface area contributed by atoms with Crippen molar-refractivity contribution >= 4 is 11.7 Å². The van der Waals surface area contributed by atoms with Gasteiger partial charge in [-0.15, -0.1) is 12.3 Å². The maximum Gasteiger partial charge on any atom is 0.222 e. The van der Waals surface area contributed by atoms with Crippen molar-refractivity contribution in [2.75, 3.05) is 31.1 Å². The van der Waals surface area contributed by atoms with Crippen LogP contribution in [-0.4, -0.2) is 62.2 Å². The average molecular weight is 421 g/mol. The van der Waals surface area contributed by atoms with Crippen molar-refractivity contribution in [3.8, 4) is 18.2 Å². The molecular formula is C22H28N8O. The monoisotopic (exact) mass is 420 g/mol. The third-order valence-electron chi connectivity index (χ3n) is 6.06. The highest BCUT2D eigenvalue weighted by Gasteiger charge is 2.39. The van der Waals surface area contributed by atoms with Gasteiger partial charge in [0.25, 0.3) is 0 Å². The van der Waals surface area contributed by atoms with E-state index in [9.17, 15) is 4.79 Å². The topological polar surface area (TPSA) is 91.9 Å². The Hall–Kier alpha value is -3.28. The van der Waals surface area contributed by atoms with Gasteiger partial charge in [-0.25, -0.2) is 15.0 Å². The molecule has 0 atom stereocenters. The lowest BCUT2D eigenvalue weighted by molar-refractivity contribution is -0.131. The number of piperazine rings is 1. The SMILES string of the molecule is C#CCCC1(CCC(=O)N2CCN(c3cc(-n4cnc(C)c4C)nc(C)n3)CC2)N=N1. The fourth-order valence-electron chi connectivity index (χ4n) is 3.87. The number of hydrogen-bond acceptors (Lipinski definition) is 7. The maximum atomic E-state index is 12.7. The number of anilines is 1. The van der Waals surface area contributed by atoms with Gasteiger partial charge in [0.05, 0.1) is 5.69 Å².